The summed E-state index contributed by atoms with van der Waals surface area (Å²) in [5.74, 6) is 3.61. The molecule has 0 aliphatic heterocycles. The Morgan fingerprint density at radius 3 is 2.65 bits per heavy atom. The summed E-state index contributed by atoms with van der Waals surface area (Å²) in [7, 11) is 0. The molecule has 1 aromatic rings. The molecule has 1 aromatic carbocycles. The highest BCUT2D eigenvalue weighted by Gasteiger charge is 2.23. The summed E-state index contributed by atoms with van der Waals surface area (Å²) < 4.78 is 4.51. The maximum Gasteiger partial charge on any atom is 0.431 e. The minimum absolute atomic E-state index is 0.0613. The van der Waals surface area contributed by atoms with Crippen LogP contribution < -0.4 is 5.84 Å². The van der Waals surface area contributed by atoms with Crippen molar-refractivity contribution >= 4 is 12.0 Å². The van der Waals surface area contributed by atoms with E-state index < -0.39 is 17.7 Å². The molecule has 0 radical (unpaired) electrons. The van der Waals surface area contributed by atoms with Crippen LogP contribution in [0.3, 0.4) is 0 Å². The van der Waals surface area contributed by atoms with Gasteiger partial charge in [-0.1, -0.05) is 0 Å². The standard InChI is InChI=1S/C10H12N2O5/c1-2-17-10(16)12(11)9(15)7-5-6(13)3-4-8(7)14/h3-5,13-14H,2,11H2,1H3. The number of rotatable bonds is 2. The highest BCUT2D eigenvalue weighted by Crippen LogP contribution is 2.22. The SMILES string of the molecule is CCOC(=O)N(N)C(=O)c1cc(O)ccc1O. The molecule has 0 saturated heterocycles. The summed E-state index contributed by atoms with van der Waals surface area (Å²) >= 11 is 0. The molecule has 0 aliphatic rings. The van der Waals surface area contributed by atoms with Crippen molar-refractivity contribution in [3.8, 4) is 11.5 Å². The van der Waals surface area contributed by atoms with Gasteiger partial charge in [0.25, 0.3) is 5.91 Å². The molecule has 17 heavy (non-hydrogen) atoms. The minimum Gasteiger partial charge on any atom is -0.508 e. The van der Waals surface area contributed by atoms with Crippen LogP contribution in [0.2, 0.25) is 0 Å². The third kappa shape index (κ3) is 2.85. The number of hydrazine groups is 1. The van der Waals surface area contributed by atoms with Crippen LogP contribution in [-0.4, -0.2) is 33.8 Å². The third-order valence-electron chi connectivity index (χ3n) is 1.89. The van der Waals surface area contributed by atoms with Gasteiger partial charge in [0.15, 0.2) is 0 Å². The van der Waals surface area contributed by atoms with Crippen molar-refractivity contribution < 1.29 is 24.5 Å². The number of benzene rings is 1. The summed E-state index contributed by atoms with van der Waals surface area (Å²) in [6, 6.07) is 3.30. The fraction of sp³-hybridized carbons (Fsp3) is 0.200. The summed E-state index contributed by atoms with van der Waals surface area (Å²) in [6.45, 7) is 1.62. The average Bonchev–Trinajstić information content (AvgIpc) is 2.30. The molecule has 0 atom stereocenters. The fourth-order valence-electron chi connectivity index (χ4n) is 1.10. The van der Waals surface area contributed by atoms with Crippen LogP contribution in [0.5, 0.6) is 11.5 Å². The number of phenolic OH excluding ortho intramolecular Hbond substituents is 2. The van der Waals surface area contributed by atoms with Crippen molar-refractivity contribution in [1.29, 1.82) is 0 Å². The lowest BCUT2D eigenvalue weighted by Gasteiger charge is -2.14. The van der Waals surface area contributed by atoms with Gasteiger partial charge in [0.1, 0.15) is 11.5 Å². The number of carbonyl (C=O) groups is 2. The molecule has 0 bridgehead atoms. The summed E-state index contributed by atoms with van der Waals surface area (Å²) in [5, 5.41) is 18.8. The van der Waals surface area contributed by atoms with Crippen molar-refractivity contribution in [1.82, 2.24) is 5.01 Å². The number of hydrogen-bond donors (Lipinski definition) is 3. The zero-order valence-electron chi connectivity index (χ0n) is 9.08. The average molecular weight is 240 g/mol. The number of imide groups is 1. The van der Waals surface area contributed by atoms with E-state index in [0.717, 1.165) is 12.1 Å². The minimum atomic E-state index is -1.04. The largest absolute Gasteiger partial charge is 0.508 e. The predicted octanol–water partition coefficient (Wildman–Crippen LogP) is 0.570. The molecule has 0 heterocycles. The first-order valence-corrected chi connectivity index (χ1v) is 4.75. The first-order chi connectivity index (χ1) is 7.97. The van der Waals surface area contributed by atoms with E-state index in [1.165, 1.54) is 6.07 Å². The van der Waals surface area contributed by atoms with Crippen LogP contribution in [0.4, 0.5) is 4.79 Å². The van der Waals surface area contributed by atoms with Crippen molar-refractivity contribution in [2.45, 2.75) is 6.92 Å². The topological polar surface area (TPSA) is 113 Å². The van der Waals surface area contributed by atoms with Crippen LogP contribution in [0.1, 0.15) is 17.3 Å². The van der Waals surface area contributed by atoms with Gasteiger partial charge < -0.3 is 14.9 Å². The first kappa shape index (κ1) is 12.8. The number of carbonyl (C=O) groups excluding carboxylic acids is 2. The van der Waals surface area contributed by atoms with Crippen LogP contribution in [-0.2, 0) is 4.74 Å². The highest BCUT2D eigenvalue weighted by atomic mass is 16.6. The Morgan fingerprint density at radius 1 is 1.41 bits per heavy atom. The van der Waals surface area contributed by atoms with Gasteiger partial charge in [0.2, 0.25) is 0 Å². The Morgan fingerprint density at radius 2 is 2.06 bits per heavy atom. The number of nitrogens with zero attached hydrogens (tertiary/aromatic N) is 1. The van der Waals surface area contributed by atoms with Gasteiger partial charge in [0.05, 0.1) is 12.2 Å². The van der Waals surface area contributed by atoms with Crippen molar-refractivity contribution in [2.75, 3.05) is 6.61 Å². The second-order valence-corrected chi connectivity index (χ2v) is 3.08. The smallest absolute Gasteiger partial charge is 0.431 e. The summed E-state index contributed by atoms with van der Waals surface area (Å²) in [5.41, 5.74) is -0.291. The molecular formula is C10H12N2O5. The van der Waals surface area contributed by atoms with Crippen LogP contribution in [0.25, 0.3) is 0 Å². The zero-order valence-corrected chi connectivity index (χ0v) is 9.08. The molecule has 0 fully saturated rings. The van der Waals surface area contributed by atoms with Gasteiger partial charge in [-0.05, 0) is 25.1 Å². The first-order valence-electron chi connectivity index (χ1n) is 4.75. The van der Waals surface area contributed by atoms with E-state index in [1.807, 2.05) is 0 Å². The number of phenols is 2. The molecule has 7 nitrogen and oxygen atoms in total. The van der Waals surface area contributed by atoms with Crippen LogP contribution >= 0.6 is 0 Å². The molecule has 2 amide bonds. The molecule has 0 saturated carbocycles. The van der Waals surface area contributed by atoms with Gasteiger partial charge in [-0.15, -0.1) is 0 Å². The fourth-order valence-corrected chi connectivity index (χ4v) is 1.10. The summed E-state index contributed by atoms with van der Waals surface area (Å²) in [4.78, 5) is 22.8. The maximum atomic E-state index is 11.7. The number of nitrogens with two attached hydrogens (primary N) is 1. The number of amides is 2. The highest BCUT2D eigenvalue weighted by molar-refractivity contribution is 6.04. The molecule has 7 heteroatoms. The van der Waals surface area contributed by atoms with Gasteiger partial charge in [-0.25, -0.2) is 10.6 Å². The molecule has 0 aliphatic carbocycles. The van der Waals surface area contributed by atoms with Crippen molar-refractivity contribution in [2.24, 2.45) is 5.84 Å². The molecule has 1 rings (SSSR count). The van der Waals surface area contributed by atoms with E-state index in [9.17, 15) is 19.8 Å². The van der Waals surface area contributed by atoms with Gasteiger partial charge >= 0.3 is 6.09 Å². The lowest BCUT2D eigenvalue weighted by molar-refractivity contribution is 0.0669. The quantitative estimate of drug-likeness (QED) is 0.301. The molecule has 0 unspecified atom stereocenters. The Kier molecular flexibility index (Phi) is 3.89. The predicted molar refractivity (Wildman–Crippen MR) is 57.2 cm³/mol. The monoisotopic (exact) mass is 240 g/mol. The molecule has 4 N–H and O–H groups in total. The second kappa shape index (κ2) is 5.17. The molecule has 0 aromatic heterocycles. The Bertz CT molecular complexity index is 446. The maximum absolute atomic E-state index is 11.7. The third-order valence-corrected chi connectivity index (χ3v) is 1.89. The number of aromatic hydroxyl groups is 2. The summed E-state index contributed by atoms with van der Waals surface area (Å²) in [6.07, 6.45) is -1.04. The normalized spacial score (nSPS) is 9.76. The Hall–Kier alpha value is -2.28. The van der Waals surface area contributed by atoms with E-state index in [2.05, 4.69) is 4.74 Å². The van der Waals surface area contributed by atoms with Crippen molar-refractivity contribution in [3.05, 3.63) is 23.8 Å². The van der Waals surface area contributed by atoms with E-state index >= 15 is 0 Å². The van der Waals surface area contributed by atoms with Gasteiger partial charge in [-0.3, -0.25) is 4.79 Å². The van der Waals surface area contributed by atoms with E-state index in [-0.39, 0.29) is 22.9 Å². The van der Waals surface area contributed by atoms with Crippen molar-refractivity contribution in [3.63, 3.8) is 0 Å². The van der Waals surface area contributed by atoms with E-state index in [0.29, 0.717) is 0 Å². The van der Waals surface area contributed by atoms with E-state index in [1.54, 1.807) is 6.92 Å². The van der Waals surface area contributed by atoms with Gasteiger partial charge in [-0.2, -0.15) is 5.01 Å². The van der Waals surface area contributed by atoms with Crippen LogP contribution in [0, 0.1) is 0 Å². The zero-order chi connectivity index (χ0) is 13.0. The van der Waals surface area contributed by atoms with Gasteiger partial charge in [0, 0.05) is 0 Å². The lowest BCUT2D eigenvalue weighted by Crippen LogP contribution is -2.42. The molecule has 92 valence electrons. The second-order valence-electron chi connectivity index (χ2n) is 3.08. The van der Waals surface area contributed by atoms with Crippen LogP contribution in [0.15, 0.2) is 18.2 Å². The molecular weight excluding hydrogens is 228 g/mol. The lowest BCUT2D eigenvalue weighted by atomic mass is 10.2. The number of ether oxygens (including phenoxy) is 1. The Labute approximate surface area is 97.0 Å². The number of hydrogen-bond acceptors (Lipinski definition) is 6. The Balaban J connectivity index is 2.96. The molecule has 0 spiro atoms. The van der Waals surface area contributed by atoms with E-state index in [4.69, 9.17) is 5.84 Å².